The topological polar surface area (TPSA) is 83.4 Å². The van der Waals surface area contributed by atoms with Gasteiger partial charge in [0.1, 0.15) is 6.54 Å². The lowest BCUT2D eigenvalue weighted by atomic mass is 10.00. The van der Waals surface area contributed by atoms with Gasteiger partial charge in [-0.05, 0) is 44.0 Å². The molecule has 142 valence electrons. The van der Waals surface area contributed by atoms with E-state index in [4.69, 9.17) is 0 Å². The molecule has 2 amide bonds. The van der Waals surface area contributed by atoms with Crippen LogP contribution in [0.25, 0.3) is 0 Å². The Balaban J connectivity index is 1.37. The van der Waals surface area contributed by atoms with Crippen molar-refractivity contribution in [2.24, 2.45) is 5.92 Å². The van der Waals surface area contributed by atoms with E-state index in [1.54, 1.807) is 20.7 Å². The van der Waals surface area contributed by atoms with Gasteiger partial charge in [-0.3, -0.25) is 14.3 Å². The van der Waals surface area contributed by atoms with Gasteiger partial charge < -0.3 is 15.1 Å². The molecule has 0 bridgehead atoms. The minimum atomic E-state index is -0.232. The van der Waals surface area contributed by atoms with Gasteiger partial charge in [-0.2, -0.15) is 0 Å². The number of amides is 2. The standard InChI is InChI=1S/C19H24N6O2/c26-18-14-23(9-10-25(18)16-6-2-1-3-7-16)19(27)17-13-24(22-21-17)12-15-5-4-8-20-11-15/h1-3,6-7,13,15,20H,4-5,8-12,14H2. The van der Waals surface area contributed by atoms with Crippen LogP contribution < -0.4 is 10.2 Å². The lowest BCUT2D eigenvalue weighted by Crippen LogP contribution is -2.52. The quantitative estimate of drug-likeness (QED) is 0.862. The second-order valence-corrected chi connectivity index (χ2v) is 7.15. The summed E-state index contributed by atoms with van der Waals surface area (Å²) in [7, 11) is 0. The molecule has 4 rings (SSSR count). The summed E-state index contributed by atoms with van der Waals surface area (Å²) in [6.07, 6.45) is 4.02. The van der Waals surface area contributed by atoms with Crippen molar-refractivity contribution in [3.05, 3.63) is 42.2 Å². The first-order chi connectivity index (χ1) is 13.2. The second-order valence-electron chi connectivity index (χ2n) is 7.15. The summed E-state index contributed by atoms with van der Waals surface area (Å²) < 4.78 is 1.74. The van der Waals surface area contributed by atoms with Crippen LogP contribution in [0, 0.1) is 5.92 Å². The molecule has 1 atom stereocenters. The summed E-state index contributed by atoms with van der Waals surface area (Å²) in [5, 5.41) is 11.5. The number of hydrogen-bond acceptors (Lipinski definition) is 5. The number of aromatic nitrogens is 3. The first kappa shape index (κ1) is 17.7. The number of para-hydroxylation sites is 1. The van der Waals surface area contributed by atoms with Crippen LogP contribution in [0.2, 0.25) is 0 Å². The highest BCUT2D eigenvalue weighted by atomic mass is 16.2. The van der Waals surface area contributed by atoms with Crippen LogP contribution in [-0.2, 0) is 11.3 Å². The van der Waals surface area contributed by atoms with E-state index >= 15 is 0 Å². The first-order valence-corrected chi connectivity index (χ1v) is 9.46. The Morgan fingerprint density at radius 1 is 1.22 bits per heavy atom. The molecule has 2 aromatic rings. The molecule has 27 heavy (non-hydrogen) atoms. The largest absolute Gasteiger partial charge is 0.326 e. The number of carbonyl (C=O) groups excluding carboxylic acids is 2. The van der Waals surface area contributed by atoms with Crippen molar-refractivity contribution in [2.45, 2.75) is 19.4 Å². The van der Waals surface area contributed by atoms with Crippen molar-refractivity contribution in [3.63, 3.8) is 0 Å². The van der Waals surface area contributed by atoms with Crippen molar-refractivity contribution in [3.8, 4) is 0 Å². The summed E-state index contributed by atoms with van der Waals surface area (Å²) >= 11 is 0. The molecular weight excluding hydrogens is 344 g/mol. The third-order valence-electron chi connectivity index (χ3n) is 5.18. The van der Waals surface area contributed by atoms with Gasteiger partial charge in [-0.1, -0.05) is 23.4 Å². The third-order valence-corrected chi connectivity index (χ3v) is 5.18. The molecule has 0 spiro atoms. The molecule has 1 unspecified atom stereocenters. The number of hydrogen-bond donors (Lipinski definition) is 1. The molecule has 3 heterocycles. The zero-order chi connectivity index (χ0) is 18.6. The molecule has 2 saturated heterocycles. The fraction of sp³-hybridized carbons (Fsp3) is 0.474. The van der Waals surface area contributed by atoms with Crippen LogP contribution in [0.4, 0.5) is 5.69 Å². The normalized spacial score (nSPS) is 20.7. The predicted octanol–water partition coefficient (Wildman–Crippen LogP) is 0.767. The van der Waals surface area contributed by atoms with E-state index in [0.717, 1.165) is 31.7 Å². The molecule has 1 aromatic heterocycles. The van der Waals surface area contributed by atoms with Crippen LogP contribution in [0.15, 0.2) is 36.5 Å². The average molecular weight is 368 g/mol. The lowest BCUT2D eigenvalue weighted by Gasteiger charge is -2.33. The van der Waals surface area contributed by atoms with Gasteiger partial charge in [0.25, 0.3) is 5.91 Å². The monoisotopic (exact) mass is 368 g/mol. The first-order valence-electron chi connectivity index (χ1n) is 9.46. The smallest absolute Gasteiger partial charge is 0.276 e. The Hall–Kier alpha value is -2.74. The molecule has 2 aliphatic heterocycles. The number of anilines is 1. The van der Waals surface area contributed by atoms with Gasteiger partial charge in [0.15, 0.2) is 5.69 Å². The predicted molar refractivity (Wildman–Crippen MR) is 100 cm³/mol. The van der Waals surface area contributed by atoms with Crippen molar-refractivity contribution in [1.82, 2.24) is 25.2 Å². The number of carbonyl (C=O) groups is 2. The van der Waals surface area contributed by atoms with Crippen molar-refractivity contribution < 1.29 is 9.59 Å². The van der Waals surface area contributed by atoms with Gasteiger partial charge >= 0.3 is 0 Å². The van der Waals surface area contributed by atoms with E-state index in [-0.39, 0.29) is 18.4 Å². The lowest BCUT2D eigenvalue weighted by molar-refractivity contribution is -0.120. The Morgan fingerprint density at radius 2 is 2.07 bits per heavy atom. The second kappa shape index (κ2) is 7.87. The van der Waals surface area contributed by atoms with Crippen LogP contribution in [0.3, 0.4) is 0 Å². The van der Waals surface area contributed by atoms with Crippen molar-refractivity contribution in [1.29, 1.82) is 0 Å². The highest BCUT2D eigenvalue weighted by Crippen LogP contribution is 2.18. The zero-order valence-corrected chi connectivity index (χ0v) is 15.3. The number of piperidine rings is 1. The summed E-state index contributed by atoms with van der Waals surface area (Å²) in [4.78, 5) is 28.5. The molecule has 0 saturated carbocycles. The van der Waals surface area contributed by atoms with E-state index in [0.29, 0.717) is 24.7 Å². The Labute approximate surface area is 158 Å². The number of rotatable bonds is 4. The van der Waals surface area contributed by atoms with E-state index < -0.39 is 0 Å². The van der Waals surface area contributed by atoms with Gasteiger partial charge in [0, 0.05) is 25.3 Å². The van der Waals surface area contributed by atoms with Gasteiger partial charge in [0.2, 0.25) is 5.91 Å². The maximum atomic E-state index is 12.7. The van der Waals surface area contributed by atoms with Crippen molar-refractivity contribution in [2.75, 3.05) is 37.6 Å². The maximum Gasteiger partial charge on any atom is 0.276 e. The Kier molecular flexibility index (Phi) is 5.15. The summed E-state index contributed by atoms with van der Waals surface area (Å²) in [6, 6.07) is 9.53. The molecule has 1 aromatic carbocycles. The number of piperazine rings is 1. The fourth-order valence-corrected chi connectivity index (χ4v) is 3.72. The van der Waals surface area contributed by atoms with E-state index in [1.807, 2.05) is 30.3 Å². The molecule has 1 N–H and O–H groups in total. The van der Waals surface area contributed by atoms with Gasteiger partial charge in [-0.25, -0.2) is 0 Å². The molecular formula is C19H24N6O2. The molecule has 8 nitrogen and oxygen atoms in total. The minimum absolute atomic E-state index is 0.0626. The number of nitrogens with one attached hydrogen (secondary N) is 1. The van der Waals surface area contributed by atoms with Gasteiger partial charge in [0.05, 0.1) is 6.20 Å². The molecule has 2 fully saturated rings. The van der Waals surface area contributed by atoms with Crippen LogP contribution >= 0.6 is 0 Å². The fourth-order valence-electron chi connectivity index (χ4n) is 3.72. The highest BCUT2D eigenvalue weighted by Gasteiger charge is 2.30. The zero-order valence-electron chi connectivity index (χ0n) is 15.3. The summed E-state index contributed by atoms with van der Waals surface area (Å²) in [6.45, 7) is 3.83. The number of benzene rings is 1. The molecule has 2 aliphatic rings. The van der Waals surface area contributed by atoms with E-state index in [9.17, 15) is 9.59 Å². The van der Waals surface area contributed by atoms with Crippen LogP contribution in [0.5, 0.6) is 0 Å². The average Bonchev–Trinajstić information content (AvgIpc) is 3.17. The Bertz CT molecular complexity index is 800. The Morgan fingerprint density at radius 3 is 2.81 bits per heavy atom. The summed E-state index contributed by atoms with van der Waals surface area (Å²) in [5.41, 5.74) is 1.17. The van der Waals surface area contributed by atoms with Crippen molar-refractivity contribution >= 4 is 17.5 Å². The van der Waals surface area contributed by atoms with Crippen LogP contribution in [0.1, 0.15) is 23.3 Å². The van der Waals surface area contributed by atoms with Gasteiger partial charge in [-0.15, -0.1) is 5.10 Å². The SMILES string of the molecule is O=C(c1cn(CC2CCCNC2)nn1)N1CCN(c2ccccc2)C(=O)C1. The molecule has 8 heteroatoms. The van der Waals surface area contributed by atoms with Crippen LogP contribution in [-0.4, -0.2) is 64.4 Å². The molecule has 0 radical (unpaired) electrons. The minimum Gasteiger partial charge on any atom is -0.326 e. The maximum absolute atomic E-state index is 12.7. The summed E-state index contributed by atoms with van der Waals surface area (Å²) in [5.74, 6) is 0.199. The van der Waals surface area contributed by atoms with E-state index in [1.165, 1.54) is 6.42 Å². The molecule has 0 aliphatic carbocycles. The highest BCUT2D eigenvalue weighted by molar-refractivity contribution is 6.00. The third kappa shape index (κ3) is 4.00. The number of nitrogens with zero attached hydrogens (tertiary/aromatic N) is 5. The van der Waals surface area contributed by atoms with E-state index in [2.05, 4.69) is 15.6 Å².